The zero-order valence-electron chi connectivity index (χ0n) is 14.0. The van der Waals surface area contributed by atoms with Gasteiger partial charge in [-0.05, 0) is 36.8 Å². The summed E-state index contributed by atoms with van der Waals surface area (Å²) in [6.45, 7) is 1.99. The maximum absolute atomic E-state index is 12.3. The number of rotatable bonds is 5. The van der Waals surface area contributed by atoms with Crippen molar-refractivity contribution in [3.05, 3.63) is 77.9 Å². The van der Waals surface area contributed by atoms with Crippen molar-refractivity contribution in [2.24, 2.45) is 4.40 Å². The summed E-state index contributed by atoms with van der Waals surface area (Å²) in [5.74, 6) is 0.567. The molecule has 0 fully saturated rings. The van der Waals surface area contributed by atoms with Crippen molar-refractivity contribution in [1.82, 2.24) is 4.98 Å². The zero-order valence-corrected chi connectivity index (χ0v) is 14.9. The van der Waals surface area contributed by atoms with Gasteiger partial charge in [-0.25, -0.2) is 4.98 Å². The largest absolute Gasteiger partial charge is 0.586 e. The van der Waals surface area contributed by atoms with Gasteiger partial charge in [0.1, 0.15) is 11.4 Å². The molecule has 2 aromatic carbocycles. The highest BCUT2D eigenvalue weighted by atomic mass is 32.2. The molecule has 0 aliphatic heterocycles. The van der Waals surface area contributed by atoms with Crippen LogP contribution in [0.3, 0.4) is 0 Å². The fourth-order valence-corrected chi connectivity index (χ4v) is 3.00. The van der Waals surface area contributed by atoms with Crippen LogP contribution in [0.5, 0.6) is 5.88 Å². The van der Waals surface area contributed by atoms with Gasteiger partial charge in [-0.2, -0.15) is 0 Å². The summed E-state index contributed by atoms with van der Waals surface area (Å²) in [4.78, 5) is 5.11. The lowest BCUT2D eigenvalue weighted by atomic mass is 10.1. The van der Waals surface area contributed by atoms with E-state index in [1.54, 1.807) is 19.4 Å². The Kier molecular flexibility index (Phi) is 5.48. The van der Waals surface area contributed by atoms with Gasteiger partial charge in [0.25, 0.3) is 0 Å². The van der Waals surface area contributed by atoms with Crippen LogP contribution in [0.15, 0.2) is 76.0 Å². The second kappa shape index (κ2) is 7.96. The van der Waals surface area contributed by atoms with Crippen molar-refractivity contribution in [2.75, 3.05) is 7.11 Å². The lowest BCUT2D eigenvalue weighted by Crippen LogP contribution is -1.98. The quantitative estimate of drug-likeness (QED) is 0.512. The Balaban J connectivity index is 1.80. The molecule has 0 saturated carbocycles. The SMILES string of the molecule is COc1cccc(-c2cccc(C=N[S+]([O-])c3ccc(C)cc3)c2)n1. The Bertz CT molecular complexity index is 879. The van der Waals surface area contributed by atoms with E-state index in [0.717, 1.165) is 22.4 Å². The molecule has 0 spiro atoms. The van der Waals surface area contributed by atoms with Gasteiger partial charge in [-0.3, -0.25) is 0 Å². The third kappa shape index (κ3) is 4.47. The van der Waals surface area contributed by atoms with Crippen molar-refractivity contribution < 1.29 is 9.29 Å². The number of hydrogen-bond donors (Lipinski definition) is 0. The summed E-state index contributed by atoms with van der Waals surface area (Å²) in [7, 11) is 1.59. The van der Waals surface area contributed by atoms with Gasteiger partial charge in [0, 0.05) is 11.6 Å². The maximum atomic E-state index is 12.3. The van der Waals surface area contributed by atoms with Gasteiger partial charge < -0.3 is 9.29 Å². The first kappa shape index (κ1) is 17.2. The number of aromatic nitrogens is 1. The minimum atomic E-state index is -1.41. The molecule has 1 atom stereocenters. The van der Waals surface area contributed by atoms with Crippen LogP contribution in [-0.2, 0) is 11.4 Å². The van der Waals surface area contributed by atoms with E-state index < -0.39 is 11.4 Å². The van der Waals surface area contributed by atoms with Crippen molar-refractivity contribution in [2.45, 2.75) is 11.8 Å². The Morgan fingerprint density at radius 1 is 1.04 bits per heavy atom. The van der Waals surface area contributed by atoms with Crippen molar-refractivity contribution >= 4 is 17.6 Å². The van der Waals surface area contributed by atoms with E-state index in [-0.39, 0.29) is 0 Å². The van der Waals surface area contributed by atoms with E-state index in [1.165, 1.54) is 0 Å². The molecular weight excluding hydrogens is 332 g/mol. The lowest BCUT2D eigenvalue weighted by molar-refractivity contribution is 0.398. The first-order valence-electron chi connectivity index (χ1n) is 7.80. The van der Waals surface area contributed by atoms with Crippen molar-refractivity contribution in [1.29, 1.82) is 0 Å². The van der Waals surface area contributed by atoms with Crippen LogP contribution < -0.4 is 4.74 Å². The van der Waals surface area contributed by atoms with E-state index in [4.69, 9.17) is 4.74 Å². The number of methoxy groups -OCH3 is 1. The molecule has 3 rings (SSSR count). The molecule has 25 heavy (non-hydrogen) atoms. The molecule has 3 aromatic rings. The summed E-state index contributed by atoms with van der Waals surface area (Å²) >= 11 is -1.41. The number of nitrogens with zero attached hydrogens (tertiary/aromatic N) is 2. The van der Waals surface area contributed by atoms with Crippen LogP contribution in [0.1, 0.15) is 11.1 Å². The van der Waals surface area contributed by atoms with Gasteiger partial charge in [-0.15, -0.1) is 0 Å². The monoisotopic (exact) mass is 350 g/mol. The topological polar surface area (TPSA) is 57.5 Å². The van der Waals surface area contributed by atoms with E-state index in [1.807, 2.05) is 67.6 Å². The third-order valence-electron chi connectivity index (χ3n) is 3.64. The van der Waals surface area contributed by atoms with Crippen LogP contribution >= 0.6 is 0 Å². The van der Waals surface area contributed by atoms with Gasteiger partial charge in [0.15, 0.2) is 4.90 Å². The van der Waals surface area contributed by atoms with Crippen LogP contribution in [0, 0.1) is 6.92 Å². The van der Waals surface area contributed by atoms with E-state index >= 15 is 0 Å². The number of pyridine rings is 1. The standard InChI is InChI=1S/C20H18N2O2S/c1-15-9-11-18(12-10-15)25(23)21-14-16-5-3-6-17(13-16)19-7-4-8-20(22-19)24-2/h3-14H,1-2H3. The lowest BCUT2D eigenvalue weighted by Gasteiger charge is -2.05. The van der Waals surface area contributed by atoms with Crippen LogP contribution in [-0.4, -0.2) is 22.9 Å². The Morgan fingerprint density at radius 2 is 1.80 bits per heavy atom. The van der Waals surface area contributed by atoms with Crippen LogP contribution in [0.2, 0.25) is 0 Å². The van der Waals surface area contributed by atoms with E-state index in [2.05, 4.69) is 9.38 Å². The highest BCUT2D eigenvalue weighted by molar-refractivity contribution is 7.90. The molecule has 0 aliphatic rings. The fourth-order valence-electron chi connectivity index (χ4n) is 2.29. The van der Waals surface area contributed by atoms with Gasteiger partial charge in [0.2, 0.25) is 5.88 Å². The van der Waals surface area contributed by atoms with Gasteiger partial charge >= 0.3 is 0 Å². The molecular formula is C20H18N2O2S. The van der Waals surface area contributed by atoms with Gasteiger partial charge in [-0.1, -0.05) is 46.4 Å². The zero-order chi connectivity index (χ0) is 17.6. The highest BCUT2D eigenvalue weighted by Crippen LogP contribution is 2.20. The normalized spacial score (nSPS) is 12.3. The molecule has 0 amide bonds. The second-order valence-corrected chi connectivity index (χ2v) is 6.67. The van der Waals surface area contributed by atoms with E-state index in [9.17, 15) is 4.55 Å². The van der Waals surface area contributed by atoms with Crippen molar-refractivity contribution in [3.63, 3.8) is 0 Å². The fraction of sp³-hybridized carbons (Fsp3) is 0.100. The predicted molar refractivity (Wildman–Crippen MR) is 101 cm³/mol. The van der Waals surface area contributed by atoms with E-state index in [0.29, 0.717) is 10.8 Å². The number of aryl methyl sites for hydroxylation is 1. The molecule has 126 valence electrons. The minimum absolute atomic E-state index is 0.567. The highest BCUT2D eigenvalue weighted by Gasteiger charge is 2.09. The Morgan fingerprint density at radius 3 is 2.56 bits per heavy atom. The number of benzene rings is 2. The summed E-state index contributed by atoms with van der Waals surface area (Å²) in [6, 6.07) is 20.9. The number of hydrogen-bond acceptors (Lipinski definition) is 4. The average Bonchev–Trinajstić information content (AvgIpc) is 2.67. The summed E-state index contributed by atoms with van der Waals surface area (Å²) in [5.41, 5.74) is 3.75. The molecule has 0 saturated heterocycles. The molecule has 1 heterocycles. The van der Waals surface area contributed by atoms with Gasteiger partial charge in [0.05, 0.1) is 19.0 Å². The van der Waals surface area contributed by atoms with Crippen LogP contribution in [0.4, 0.5) is 0 Å². The molecule has 0 radical (unpaired) electrons. The minimum Gasteiger partial charge on any atom is -0.586 e. The second-order valence-electron chi connectivity index (χ2n) is 5.49. The Hall–Kier alpha value is -2.63. The smallest absolute Gasteiger partial charge is 0.213 e. The molecule has 0 bridgehead atoms. The molecule has 0 aliphatic carbocycles. The maximum Gasteiger partial charge on any atom is 0.213 e. The summed E-state index contributed by atoms with van der Waals surface area (Å²) in [6.07, 6.45) is 1.62. The average molecular weight is 350 g/mol. The first-order chi connectivity index (χ1) is 12.2. The summed E-state index contributed by atoms with van der Waals surface area (Å²) in [5, 5.41) is 0. The van der Waals surface area contributed by atoms with Crippen LogP contribution in [0.25, 0.3) is 11.3 Å². The van der Waals surface area contributed by atoms with Crippen molar-refractivity contribution in [3.8, 4) is 17.1 Å². The third-order valence-corrected chi connectivity index (χ3v) is 4.61. The molecule has 1 unspecified atom stereocenters. The Labute approximate surface area is 150 Å². The summed E-state index contributed by atoms with van der Waals surface area (Å²) < 4.78 is 21.6. The number of ether oxygens (including phenoxy) is 1. The predicted octanol–water partition coefficient (Wildman–Crippen LogP) is 4.21. The first-order valence-corrected chi connectivity index (χ1v) is 8.90. The molecule has 1 aromatic heterocycles. The molecule has 0 N–H and O–H groups in total. The molecule has 5 heteroatoms. The molecule has 4 nitrogen and oxygen atoms in total.